The minimum absolute atomic E-state index is 0.125. The lowest BCUT2D eigenvalue weighted by Gasteiger charge is -2.35. The Kier molecular flexibility index (Phi) is 9.12. The van der Waals surface area contributed by atoms with E-state index in [9.17, 15) is 41.3 Å². The van der Waals surface area contributed by atoms with Crippen molar-refractivity contribution in [1.82, 2.24) is 9.88 Å². The van der Waals surface area contributed by atoms with Crippen molar-refractivity contribution in [2.75, 3.05) is 36.4 Å². The fourth-order valence-electron chi connectivity index (χ4n) is 5.00. The minimum atomic E-state index is -4.85. The van der Waals surface area contributed by atoms with E-state index in [-0.39, 0.29) is 17.8 Å². The first-order valence-corrected chi connectivity index (χ1v) is 13.1. The zero-order valence-electron chi connectivity index (χ0n) is 21.9. The summed E-state index contributed by atoms with van der Waals surface area (Å²) in [5, 5.41) is 14.0. The summed E-state index contributed by atoms with van der Waals surface area (Å²) in [6, 6.07) is 6.23. The van der Waals surface area contributed by atoms with Crippen molar-refractivity contribution in [2.24, 2.45) is 0 Å². The molecule has 0 unspecified atom stereocenters. The molecule has 0 spiro atoms. The van der Waals surface area contributed by atoms with E-state index in [1.54, 1.807) is 18.3 Å². The molecule has 2 heterocycles. The quantitative estimate of drug-likeness (QED) is 0.236. The van der Waals surface area contributed by atoms with E-state index in [4.69, 9.17) is 4.74 Å². The molecular formula is C26H29F6N5O4. The molecule has 2 aliphatic rings. The fraction of sp³-hybridized carbons (Fsp3) is 0.538. The number of halogens is 6. The third kappa shape index (κ3) is 8.36. The molecule has 9 nitrogen and oxygen atoms in total. The Bertz CT molecular complexity index is 1230. The van der Waals surface area contributed by atoms with Gasteiger partial charge in [0.25, 0.3) is 5.69 Å². The molecule has 1 aromatic heterocycles. The number of pyridine rings is 1. The van der Waals surface area contributed by atoms with Gasteiger partial charge in [0.1, 0.15) is 17.1 Å². The summed E-state index contributed by atoms with van der Waals surface area (Å²) in [7, 11) is 0. The number of hydrogen-bond donors (Lipinski definition) is 1. The van der Waals surface area contributed by atoms with Crippen molar-refractivity contribution in [1.29, 1.82) is 0 Å². The second-order valence-electron chi connectivity index (χ2n) is 10.1. The molecule has 15 heteroatoms. The zero-order chi connectivity index (χ0) is 29.8. The number of anilines is 2. The van der Waals surface area contributed by atoms with Gasteiger partial charge >= 0.3 is 12.4 Å². The van der Waals surface area contributed by atoms with Crippen molar-refractivity contribution in [2.45, 2.75) is 63.0 Å². The summed E-state index contributed by atoms with van der Waals surface area (Å²) < 4.78 is 83.2. The Labute approximate surface area is 231 Å². The summed E-state index contributed by atoms with van der Waals surface area (Å²) in [6.45, 7) is 1.42. The summed E-state index contributed by atoms with van der Waals surface area (Å²) in [4.78, 5) is 29.7. The van der Waals surface area contributed by atoms with E-state index in [0.717, 1.165) is 12.1 Å². The first-order chi connectivity index (χ1) is 19.3. The van der Waals surface area contributed by atoms with Crippen LogP contribution in [0.2, 0.25) is 0 Å². The molecule has 224 valence electrons. The lowest BCUT2D eigenvalue weighted by atomic mass is 9.92. The van der Waals surface area contributed by atoms with Crippen LogP contribution in [-0.2, 0) is 11.0 Å². The third-order valence-electron chi connectivity index (χ3n) is 7.14. The zero-order valence-corrected chi connectivity index (χ0v) is 21.9. The number of hydrogen-bond acceptors (Lipinski definition) is 7. The summed E-state index contributed by atoms with van der Waals surface area (Å²) in [5.41, 5.74) is -2.13. The molecular weight excluding hydrogens is 560 g/mol. The molecule has 2 aromatic rings. The molecule has 1 N–H and O–H groups in total. The highest BCUT2D eigenvalue weighted by Crippen LogP contribution is 2.38. The predicted molar refractivity (Wildman–Crippen MR) is 137 cm³/mol. The molecule has 1 saturated heterocycles. The van der Waals surface area contributed by atoms with Crippen LogP contribution in [0.1, 0.15) is 44.1 Å². The third-order valence-corrected chi connectivity index (χ3v) is 7.14. The number of nitrogens with zero attached hydrogens (tertiary/aromatic N) is 4. The highest BCUT2D eigenvalue weighted by atomic mass is 19.4. The van der Waals surface area contributed by atoms with Gasteiger partial charge in [-0.05, 0) is 43.9 Å². The first-order valence-electron chi connectivity index (χ1n) is 13.1. The summed E-state index contributed by atoms with van der Waals surface area (Å²) in [5.74, 6) is 0.686. The molecule has 1 saturated carbocycles. The maximum Gasteiger partial charge on any atom is 0.423 e. The van der Waals surface area contributed by atoms with Crippen LogP contribution in [0.5, 0.6) is 5.75 Å². The van der Waals surface area contributed by atoms with Gasteiger partial charge in [0, 0.05) is 62.7 Å². The van der Waals surface area contributed by atoms with Crippen molar-refractivity contribution in [3.63, 3.8) is 0 Å². The number of nitrogens with one attached hydrogen (secondary N) is 1. The number of rotatable bonds is 8. The van der Waals surface area contributed by atoms with Crippen LogP contribution in [0.4, 0.5) is 43.5 Å². The number of ether oxygens (including phenoxy) is 1. The van der Waals surface area contributed by atoms with Gasteiger partial charge in [0.2, 0.25) is 5.91 Å². The van der Waals surface area contributed by atoms with E-state index in [0.29, 0.717) is 63.4 Å². The molecule has 1 aliphatic carbocycles. The van der Waals surface area contributed by atoms with Crippen LogP contribution in [0, 0.1) is 10.1 Å². The normalized spacial score (nSPS) is 20.0. The number of amides is 1. The number of alkyl halides is 6. The van der Waals surface area contributed by atoms with Crippen LogP contribution < -0.4 is 15.0 Å². The van der Waals surface area contributed by atoms with Crippen molar-refractivity contribution < 1.29 is 40.8 Å². The van der Waals surface area contributed by atoms with E-state index >= 15 is 0 Å². The average Bonchev–Trinajstić information content (AvgIpc) is 2.92. The number of aromatic nitrogens is 1. The molecule has 1 aliphatic heterocycles. The van der Waals surface area contributed by atoms with Crippen LogP contribution >= 0.6 is 0 Å². The number of piperazine rings is 1. The monoisotopic (exact) mass is 589 g/mol. The Morgan fingerprint density at radius 3 is 2.32 bits per heavy atom. The molecule has 4 rings (SSSR count). The predicted octanol–water partition coefficient (Wildman–Crippen LogP) is 5.80. The SMILES string of the molecule is O=C(CCC(F)(F)F)N1CCN(c2cc(OC3CCC(Nc4ccc([N+](=O)[O-])c(C(F)(F)F)c4)CC3)ccn2)CC1. The Morgan fingerprint density at radius 2 is 1.71 bits per heavy atom. The highest BCUT2D eigenvalue weighted by Gasteiger charge is 2.38. The van der Waals surface area contributed by atoms with E-state index in [1.807, 2.05) is 4.90 Å². The second kappa shape index (κ2) is 12.4. The van der Waals surface area contributed by atoms with Gasteiger partial charge in [-0.3, -0.25) is 14.9 Å². The van der Waals surface area contributed by atoms with Crippen molar-refractivity contribution in [3.8, 4) is 5.75 Å². The maximum absolute atomic E-state index is 13.3. The molecule has 0 radical (unpaired) electrons. The number of carbonyl (C=O) groups is 1. The smallest absolute Gasteiger partial charge is 0.423 e. The van der Waals surface area contributed by atoms with Crippen LogP contribution in [0.3, 0.4) is 0 Å². The topological polar surface area (TPSA) is 101 Å². The maximum atomic E-state index is 13.3. The minimum Gasteiger partial charge on any atom is -0.490 e. The van der Waals surface area contributed by atoms with Crippen molar-refractivity contribution in [3.05, 3.63) is 52.2 Å². The molecule has 2 fully saturated rings. The van der Waals surface area contributed by atoms with Crippen molar-refractivity contribution >= 4 is 23.1 Å². The fourth-order valence-corrected chi connectivity index (χ4v) is 5.00. The van der Waals surface area contributed by atoms with Gasteiger partial charge in [-0.1, -0.05) is 0 Å². The van der Waals surface area contributed by atoms with E-state index < -0.39 is 47.3 Å². The largest absolute Gasteiger partial charge is 0.490 e. The Balaban J connectivity index is 1.26. The van der Waals surface area contributed by atoms with Gasteiger partial charge in [-0.2, -0.15) is 26.3 Å². The summed E-state index contributed by atoms with van der Waals surface area (Å²) in [6.07, 6.45) is -6.97. The molecule has 0 atom stereocenters. The van der Waals surface area contributed by atoms with Gasteiger partial charge in [0.15, 0.2) is 0 Å². The van der Waals surface area contributed by atoms with Crippen LogP contribution in [-0.4, -0.2) is 65.2 Å². The lowest BCUT2D eigenvalue weighted by molar-refractivity contribution is -0.388. The Hall–Kier alpha value is -3.78. The van der Waals surface area contributed by atoms with Crippen LogP contribution in [0.15, 0.2) is 36.5 Å². The number of benzene rings is 1. The standard InChI is InChI=1S/C26H29F6N5O4/c27-25(28,29)9-7-24(38)36-13-11-35(12-14-36)23-16-20(8-10-33-23)41-19-4-1-17(2-5-19)34-18-3-6-22(37(39)40)21(15-18)26(30,31)32/h3,6,8,10,15-17,19,34H,1-2,4-5,7,9,11-14H2. The second-order valence-corrected chi connectivity index (χ2v) is 10.1. The summed E-state index contributed by atoms with van der Waals surface area (Å²) >= 11 is 0. The Morgan fingerprint density at radius 1 is 1.02 bits per heavy atom. The molecule has 1 aromatic carbocycles. The average molecular weight is 590 g/mol. The van der Waals surface area contributed by atoms with Crippen LogP contribution in [0.25, 0.3) is 0 Å². The van der Waals surface area contributed by atoms with E-state index in [2.05, 4.69) is 10.3 Å². The van der Waals surface area contributed by atoms with Gasteiger partial charge in [-0.15, -0.1) is 0 Å². The highest BCUT2D eigenvalue weighted by molar-refractivity contribution is 5.76. The number of nitro groups is 1. The molecule has 1 amide bonds. The number of nitro benzene ring substituents is 1. The molecule has 0 bridgehead atoms. The lowest BCUT2D eigenvalue weighted by Crippen LogP contribution is -2.49. The first kappa shape index (κ1) is 30.2. The van der Waals surface area contributed by atoms with Gasteiger partial charge < -0.3 is 19.9 Å². The van der Waals surface area contributed by atoms with Gasteiger partial charge in [-0.25, -0.2) is 4.98 Å². The number of carbonyl (C=O) groups excluding carboxylic acids is 1. The van der Waals surface area contributed by atoms with E-state index in [1.165, 1.54) is 11.0 Å². The van der Waals surface area contributed by atoms with Gasteiger partial charge in [0.05, 0.1) is 17.4 Å². The molecule has 41 heavy (non-hydrogen) atoms.